The number of halogens is 1. The SMILES string of the molecule is CC(C)C[NH+]1CCC(C(=O)NCc2ccccc2Cl)CC1. The molecule has 0 radical (unpaired) electrons. The molecular formula is C17H26ClN2O+. The van der Waals surface area contributed by atoms with Crippen molar-refractivity contribution < 1.29 is 9.69 Å². The molecule has 0 aromatic heterocycles. The van der Waals surface area contributed by atoms with Crippen LogP contribution in [0, 0.1) is 11.8 Å². The van der Waals surface area contributed by atoms with E-state index in [0.717, 1.165) is 37.4 Å². The number of piperidine rings is 1. The standard InChI is InChI=1S/C17H25ClN2O/c1-13(2)12-20-9-7-14(8-10-20)17(21)19-11-15-5-3-4-6-16(15)18/h3-6,13-14H,7-12H2,1-2H3,(H,19,21)/p+1. The summed E-state index contributed by atoms with van der Waals surface area (Å²) in [6.45, 7) is 8.49. The van der Waals surface area contributed by atoms with E-state index in [1.807, 2.05) is 24.3 Å². The first kappa shape index (κ1) is 16.3. The van der Waals surface area contributed by atoms with Crippen LogP contribution in [0.1, 0.15) is 32.3 Å². The quantitative estimate of drug-likeness (QED) is 0.856. The van der Waals surface area contributed by atoms with Crippen LogP contribution in [-0.4, -0.2) is 25.5 Å². The molecule has 116 valence electrons. The van der Waals surface area contributed by atoms with Crippen molar-refractivity contribution >= 4 is 17.5 Å². The number of rotatable bonds is 5. The number of benzene rings is 1. The van der Waals surface area contributed by atoms with Gasteiger partial charge in [0, 0.05) is 36.2 Å². The molecule has 0 aliphatic carbocycles. The number of nitrogens with one attached hydrogen (secondary N) is 2. The van der Waals surface area contributed by atoms with E-state index in [1.54, 1.807) is 4.90 Å². The van der Waals surface area contributed by atoms with Gasteiger partial charge in [-0.1, -0.05) is 43.6 Å². The molecule has 1 saturated heterocycles. The maximum atomic E-state index is 12.2. The fourth-order valence-corrected chi connectivity index (χ4v) is 3.24. The van der Waals surface area contributed by atoms with Crippen molar-refractivity contribution in [2.75, 3.05) is 19.6 Å². The second kappa shape index (κ2) is 7.81. The Balaban J connectivity index is 1.76. The summed E-state index contributed by atoms with van der Waals surface area (Å²) >= 11 is 6.11. The molecule has 1 aliphatic heterocycles. The zero-order valence-electron chi connectivity index (χ0n) is 13.0. The third-order valence-electron chi connectivity index (χ3n) is 4.17. The van der Waals surface area contributed by atoms with E-state index < -0.39 is 0 Å². The number of quaternary nitrogens is 1. The van der Waals surface area contributed by atoms with E-state index in [9.17, 15) is 4.79 Å². The van der Waals surface area contributed by atoms with Gasteiger partial charge in [0.25, 0.3) is 0 Å². The summed E-state index contributed by atoms with van der Waals surface area (Å²) in [6, 6.07) is 7.66. The summed E-state index contributed by atoms with van der Waals surface area (Å²) in [5, 5.41) is 3.75. The average molecular weight is 310 g/mol. The third kappa shape index (κ3) is 5.01. The molecule has 3 nitrogen and oxygen atoms in total. The van der Waals surface area contributed by atoms with Crippen LogP contribution < -0.4 is 10.2 Å². The number of carbonyl (C=O) groups is 1. The molecule has 1 amide bonds. The minimum absolute atomic E-state index is 0.170. The molecule has 21 heavy (non-hydrogen) atoms. The first-order valence-electron chi connectivity index (χ1n) is 7.91. The molecule has 0 saturated carbocycles. The van der Waals surface area contributed by atoms with E-state index in [-0.39, 0.29) is 11.8 Å². The Morgan fingerprint density at radius 3 is 2.62 bits per heavy atom. The predicted molar refractivity (Wildman–Crippen MR) is 86.4 cm³/mol. The van der Waals surface area contributed by atoms with Crippen LogP contribution in [0.5, 0.6) is 0 Å². The Morgan fingerprint density at radius 1 is 1.33 bits per heavy atom. The molecule has 0 spiro atoms. The van der Waals surface area contributed by atoms with Crippen molar-refractivity contribution in [3.63, 3.8) is 0 Å². The third-order valence-corrected chi connectivity index (χ3v) is 4.54. The number of hydrogen-bond donors (Lipinski definition) is 2. The molecule has 1 aromatic carbocycles. The molecular weight excluding hydrogens is 284 g/mol. The number of likely N-dealkylation sites (tertiary alicyclic amines) is 1. The molecule has 1 aromatic rings. The predicted octanol–water partition coefficient (Wildman–Crippen LogP) is 1.91. The molecule has 2 N–H and O–H groups in total. The van der Waals surface area contributed by atoms with E-state index in [2.05, 4.69) is 19.2 Å². The summed E-state index contributed by atoms with van der Waals surface area (Å²) in [6.07, 6.45) is 1.99. The van der Waals surface area contributed by atoms with Gasteiger partial charge in [0.2, 0.25) is 5.91 Å². The maximum Gasteiger partial charge on any atom is 0.223 e. The van der Waals surface area contributed by atoms with Crippen LogP contribution in [0.15, 0.2) is 24.3 Å². The summed E-state index contributed by atoms with van der Waals surface area (Å²) in [5.74, 6) is 1.08. The summed E-state index contributed by atoms with van der Waals surface area (Å²) < 4.78 is 0. The summed E-state index contributed by atoms with van der Waals surface area (Å²) in [7, 11) is 0. The minimum Gasteiger partial charge on any atom is -0.352 e. The Hall–Kier alpha value is -1.06. The van der Waals surface area contributed by atoms with Crippen molar-refractivity contribution in [2.24, 2.45) is 11.8 Å². The largest absolute Gasteiger partial charge is 0.352 e. The second-order valence-corrected chi connectivity index (χ2v) is 6.84. The van der Waals surface area contributed by atoms with Crippen LogP contribution in [0.2, 0.25) is 5.02 Å². The number of carbonyl (C=O) groups excluding carboxylic acids is 1. The lowest BCUT2D eigenvalue weighted by atomic mass is 9.95. The van der Waals surface area contributed by atoms with E-state index >= 15 is 0 Å². The van der Waals surface area contributed by atoms with Crippen molar-refractivity contribution in [2.45, 2.75) is 33.2 Å². The van der Waals surface area contributed by atoms with Crippen LogP contribution in [0.3, 0.4) is 0 Å². The second-order valence-electron chi connectivity index (χ2n) is 6.43. The van der Waals surface area contributed by atoms with Crippen LogP contribution in [-0.2, 0) is 11.3 Å². The highest BCUT2D eigenvalue weighted by molar-refractivity contribution is 6.31. The lowest BCUT2D eigenvalue weighted by Gasteiger charge is -2.29. The van der Waals surface area contributed by atoms with Gasteiger partial charge in [-0.05, 0) is 11.6 Å². The van der Waals surface area contributed by atoms with Gasteiger partial charge in [-0.2, -0.15) is 0 Å². The van der Waals surface area contributed by atoms with Gasteiger partial charge in [0.05, 0.1) is 19.6 Å². The summed E-state index contributed by atoms with van der Waals surface area (Å²) in [4.78, 5) is 13.9. The van der Waals surface area contributed by atoms with Crippen molar-refractivity contribution in [1.82, 2.24) is 5.32 Å². The maximum absolute atomic E-state index is 12.2. The zero-order valence-corrected chi connectivity index (χ0v) is 13.7. The Morgan fingerprint density at radius 2 is 2.00 bits per heavy atom. The van der Waals surface area contributed by atoms with E-state index in [0.29, 0.717) is 11.6 Å². The van der Waals surface area contributed by atoms with Crippen molar-refractivity contribution in [3.8, 4) is 0 Å². The van der Waals surface area contributed by atoms with Crippen LogP contribution >= 0.6 is 11.6 Å². The Kier molecular flexibility index (Phi) is 6.07. The zero-order chi connectivity index (χ0) is 15.2. The molecule has 2 rings (SSSR count). The normalized spacial score (nSPS) is 22.3. The molecule has 0 bridgehead atoms. The average Bonchev–Trinajstić information content (AvgIpc) is 2.46. The monoisotopic (exact) mass is 309 g/mol. The Labute approximate surface area is 132 Å². The van der Waals surface area contributed by atoms with Gasteiger partial charge in [0.15, 0.2) is 0 Å². The molecule has 4 heteroatoms. The Bertz CT molecular complexity index is 468. The fraction of sp³-hybridized carbons (Fsp3) is 0.588. The van der Waals surface area contributed by atoms with Gasteiger partial charge >= 0.3 is 0 Å². The summed E-state index contributed by atoms with van der Waals surface area (Å²) in [5.41, 5.74) is 0.982. The topological polar surface area (TPSA) is 33.5 Å². The first-order valence-corrected chi connectivity index (χ1v) is 8.28. The number of hydrogen-bond acceptors (Lipinski definition) is 1. The van der Waals surface area contributed by atoms with Crippen molar-refractivity contribution in [3.05, 3.63) is 34.9 Å². The van der Waals surface area contributed by atoms with Crippen molar-refractivity contribution in [1.29, 1.82) is 0 Å². The van der Waals surface area contributed by atoms with Crippen LogP contribution in [0.4, 0.5) is 0 Å². The highest BCUT2D eigenvalue weighted by Gasteiger charge is 2.27. The van der Waals surface area contributed by atoms with Gasteiger partial charge < -0.3 is 10.2 Å². The lowest BCUT2D eigenvalue weighted by Crippen LogP contribution is -3.13. The smallest absolute Gasteiger partial charge is 0.223 e. The van der Waals surface area contributed by atoms with E-state index in [4.69, 9.17) is 11.6 Å². The molecule has 0 atom stereocenters. The minimum atomic E-state index is 0.170. The van der Waals surface area contributed by atoms with Crippen LogP contribution in [0.25, 0.3) is 0 Å². The fourth-order valence-electron chi connectivity index (χ4n) is 3.04. The van der Waals surface area contributed by atoms with Gasteiger partial charge in [-0.15, -0.1) is 0 Å². The molecule has 1 fully saturated rings. The highest BCUT2D eigenvalue weighted by Crippen LogP contribution is 2.15. The van der Waals surface area contributed by atoms with Gasteiger partial charge in [-0.3, -0.25) is 4.79 Å². The molecule has 1 aliphatic rings. The highest BCUT2D eigenvalue weighted by atomic mass is 35.5. The van der Waals surface area contributed by atoms with E-state index in [1.165, 1.54) is 6.54 Å². The lowest BCUT2D eigenvalue weighted by molar-refractivity contribution is -0.908. The number of amides is 1. The van der Waals surface area contributed by atoms with Gasteiger partial charge in [0.1, 0.15) is 0 Å². The van der Waals surface area contributed by atoms with Gasteiger partial charge in [-0.25, -0.2) is 0 Å². The molecule has 1 heterocycles. The first-order chi connectivity index (χ1) is 10.1. The molecule has 0 unspecified atom stereocenters.